The normalized spacial score (nSPS) is 18.7. The van der Waals surface area contributed by atoms with Gasteiger partial charge in [0.25, 0.3) is 5.91 Å². The first kappa shape index (κ1) is 23.4. The number of fused-ring (bicyclic) bond motifs is 2. The van der Waals surface area contributed by atoms with Crippen molar-refractivity contribution in [3.8, 4) is 0 Å². The number of carbonyl (C=O) groups is 1. The van der Waals surface area contributed by atoms with Gasteiger partial charge in [-0.3, -0.25) is 4.79 Å². The van der Waals surface area contributed by atoms with Gasteiger partial charge in [0.1, 0.15) is 5.69 Å². The van der Waals surface area contributed by atoms with Crippen LogP contribution in [0.1, 0.15) is 41.9 Å². The van der Waals surface area contributed by atoms with Crippen LogP contribution in [0.15, 0.2) is 54.7 Å². The second-order valence-corrected chi connectivity index (χ2v) is 9.31. The smallest absolute Gasteiger partial charge is 0.371 e. The molecule has 1 aliphatic rings. The van der Waals surface area contributed by atoms with E-state index in [0.717, 1.165) is 24.4 Å². The fraction of sp³-hybridized carbons (Fsp3) is 0.320. The molecule has 35 heavy (non-hydrogen) atoms. The lowest BCUT2D eigenvalue weighted by molar-refractivity contribution is -0.140. The lowest BCUT2D eigenvalue weighted by atomic mass is 9.89. The number of carbonyl (C=O) groups excluding carboxylic acids is 1. The summed E-state index contributed by atoms with van der Waals surface area (Å²) in [5, 5.41) is 8.38. The number of aromatic nitrogens is 3. The van der Waals surface area contributed by atoms with Gasteiger partial charge in [-0.2, -0.15) is 18.3 Å². The quantitative estimate of drug-likeness (QED) is 0.388. The van der Waals surface area contributed by atoms with Gasteiger partial charge in [0.2, 0.25) is 0 Å². The van der Waals surface area contributed by atoms with Crippen LogP contribution in [0.2, 0.25) is 5.02 Å². The topological polar surface area (TPSA) is 62.5 Å². The first-order valence-electron chi connectivity index (χ1n) is 11.3. The molecule has 1 saturated carbocycles. The highest BCUT2D eigenvalue weighted by Crippen LogP contribution is 2.37. The largest absolute Gasteiger partial charge is 0.433 e. The van der Waals surface area contributed by atoms with Gasteiger partial charge >= 0.3 is 6.18 Å². The Labute approximate surface area is 204 Å². The van der Waals surface area contributed by atoms with E-state index >= 15 is 0 Å². The number of nitrogens with zero attached hydrogens (tertiary/aromatic N) is 4. The maximum Gasteiger partial charge on any atom is 0.433 e. The Hall–Kier alpha value is -3.33. The Morgan fingerprint density at radius 2 is 1.89 bits per heavy atom. The third-order valence-corrected chi connectivity index (χ3v) is 6.84. The van der Waals surface area contributed by atoms with Gasteiger partial charge < -0.3 is 10.2 Å². The Kier molecular flexibility index (Phi) is 6.04. The molecule has 1 N–H and O–H groups in total. The number of amides is 1. The zero-order valence-corrected chi connectivity index (χ0v) is 19.6. The van der Waals surface area contributed by atoms with E-state index in [0.29, 0.717) is 34.6 Å². The van der Waals surface area contributed by atoms with Crippen molar-refractivity contribution >= 4 is 39.6 Å². The van der Waals surface area contributed by atoms with Crippen LogP contribution in [0.5, 0.6) is 0 Å². The van der Waals surface area contributed by atoms with E-state index in [4.69, 9.17) is 11.6 Å². The SMILES string of the molecule is CN(c1cc(C(F)(F)F)nc2ccc(Cl)cc12)C1CCC(NC(=O)c2cc3ccccn3n2)CC1. The van der Waals surface area contributed by atoms with Gasteiger partial charge in [-0.1, -0.05) is 17.7 Å². The number of pyridine rings is 2. The van der Waals surface area contributed by atoms with Gasteiger partial charge in [0, 0.05) is 41.4 Å². The van der Waals surface area contributed by atoms with E-state index in [-0.39, 0.29) is 23.5 Å². The first-order valence-corrected chi connectivity index (χ1v) is 11.7. The first-order chi connectivity index (χ1) is 16.7. The molecular formula is C25H23ClF3N5O. The number of nitrogens with one attached hydrogen (secondary N) is 1. The van der Waals surface area contributed by atoms with Crippen molar-refractivity contribution < 1.29 is 18.0 Å². The van der Waals surface area contributed by atoms with Crippen LogP contribution in [-0.4, -0.2) is 39.6 Å². The molecule has 0 spiro atoms. The van der Waals surface area contributed by atoms with Crippen molar-refractivity contribution in [1.29, 1.82) is 0 Å². The molecule has 4 aromatic rings. The third kappa shape index (κ3) is 4.77. The van der Waals surface area contributed by atoms with Gasteiger partial charge in [-0.05, 0) is 68.1 Å². The van der Waals surface area contributed by atoms with Crippen LogP contribution >= 0.6 is 11.6 Å². The number of rotatable bonds is 4. The Morgan fingerprint density at radius 1 is 1.11 bits per heavy atom. The summed E-state index contributed by atoms with van der Waals surface area (Å²) >= 11 is 6.14. The minimum absolute atomic E-state index is 0.0176. The van der Waals surface area contributed by atoms with Crippen LogP contribution in [0, 0.1) is 0 Å². The maximum absolute atomic E-state index is 13.5. The highest BCUT2D eigenvalue weighted by Gasteiger charge is 2.35. The molecule has 1 aromatic carbocycles. The minimum atomic E-state index is -4.55. The van der Waals surface area contributed by atoms with Crippen LogP contribution < -0.4 is 10.2 Å². The molecular weight excluding hydrogens is 479 g/mol. The zero-order valence-electron chi connectivity index (χ0n) is 18.9. The lowest BCUT2D eigenvalue weighted by Crippen LogP contribution is -2.43. The standard InChI is InChI=1S/C25H23ClF3N5O/c1-33(22-14-23(25(27,28)29)31-20-10-5-15(26)12-19(20)22)17-8-6-16(7-9-17)30-24(35)21-13-18-4-2-3-11-34(18)32-21/h2-5,10-14,16-17H,6-9H2,1H3,(H,30,35). The van der Waals surface area contributed by atoms with Gasteiger partial charge in [0.05, 0.1) is 11.0 Å². The summed E-state index contributed by atoms with van der Waals surface area (Å²) in [7, 11) is 1.80. The molecule has 5 rings (SSSR count). The van der Waals surface area contributed by atoms with Crippen molar-refractivity contribution in [3.05, 3.63) is 71.1 Å². The number of hydrogen-bond donors (Lipinski definition) is 1. The highest BCUT2D eigenvalue weighted by atomic mass is 35.5. The second kappa shape index (κ2) is 9.03. The van der Waals surface area contributed by atoms with E-state index in [1.165, 1.54) is 12.1 Å². The summed E-state index contributed by atoms with van der Waals surface area (Å²) in [6.07, 6.45) is 0.0986. The van der Waals surface area contributed by atoms with Crippen LogP contribution in [0.4, 0.5) is 18.9 Å². The number of anilines is 1. The number of halogens is 4. The molecule has 0 unspecified atom stereocenters. The molecule has 0 radical (unpaired) electrons. The minimum Gasteiger partial charge on any atom is -0.371 e. The summed E-state index contributed by atoms with van der Waals surface area (Å²) in [5.41, 5.74) is 0.963. The Morgan fingerprint density at radius 3 is 2.60 bits per heavy atom. The molecule has 0 saturated heterocycles. The van der Waals surface area contributed by atoms with E-state index in [2.05, 4.69) is 15.4 Å². The molecule has 3 heterocycles. The lowest BCUT2D eigenvalue weighted by Gasteiger charge is -2.36. The van der Waals surface area contributed by atoms with Gasteiger partial charge in [0.15, 0.2) is 5.69 Å². The molecule has 0 bridgehead atoms. The van der Waals surface area contributed by atoms with E-state index < -0.39 is 11.9 Å². The molecule has 1 amide bonds. The number of hydrogen-bond acceptors (Lipinski definition) is 4. The monoisotopic (exact) mass is 501 g/mol. The van der Waals surface area contributed by atoms with Crippen LogP contribution in [-0.2, 0) is 6.18 Å². The average molecular weight is 502 g/mol. The molecule has 0 atom stereocenters. The van der Waals surface area contributed by atoms with Crippen molar-refractivity contribution in [3.63, 3.8) is 0 Å². The molecule has 0 aliphatic heterocycles. The molecule has 10 heteroatoms. The van der Waals surface area contributed by atoms with Gasteiger partial charge in [-0.15, -0.1) is 0 Å². The summed E-state index contributed by atoms with van der Waals surface area (Å²) < 4.78 is 42.2. The summed E-state index contributed by atoms with van der Waals surface area (Å²) in [6, 6.07) is 13.1. The second-order valence-electron chi connectivity index (χ2n) is 8.88. The molecule has 1 aliphatic carbocycles. The number of benzene rings is 1. The van der Waals surface area contributed by atoms with Crippen LogP contribution in [0.3, 0.4) is 0 Å². The zero-order chi connectivity index (χ0) is 24.7. The third-order valence-electron chi connectivity index (χ3n) is 6.60. The van der Waals surface area contributed by atoms with Crippen molar-refractivity contribution in [2.24, 2.45) is 0 Å². The summed E-state index contributed by atoms with van der Waals surface area (Å²) in [4.78, 5) is 18.4. The van der Waals surface area contributed by atoms with E-state index in [1.54, 1.807) is 29.9 Å². The average Bonchev–Trinajstić information content (AvgIpc) is 3.27. The molecule has 1 fully saturated rings. The highest BCUT2D eigenvalue weighted by molar-refractivity contribution is 6.31. The van der Waals surface area contributed by atoms with Crippen molar-refractivity contribution in [1.82, 2.24) is 19.9 Å². The Bertz CT molecular complexity index is 1360. The van der Waals surface area contributed by atoms with E-state index in [1.807, 2.05) is 23.1 Å². The molecule has 182 valence electrons. The fourth-order valence-electron chi connectivity index (χ4n) is 4.73. The van der Waals surface area contributed by atoms with Crippen molar-refractivity contribution in [2.45, 2.75) is 43.9 Å². The number of alkyl halides is 3. The van der Waals surface area contributed by atoms with Crippen LogP contribution in [0.25, 0.3) is 16.4 Å². The predicted molar refractivity (Wildman–Crippen MR) is 129 cm³/mol. The molecule has 3 aromatic heterocycles. The van der Waals surface area contributed by atoms with E-state index in [9.17, 15) is 18.0 Å². The van der Waals surface area contributed by atoms with Gasteiger partial charge in [-0.25, -0.2) is 9.50 Å². The maximum atomic E-state index is 13.5. The summed E-state index contributed by atoms with van der Waals surface area (Å²) in [6.45, 7) is 0. The fourth-order valence-corrected chi connectivity index (χ4v) is 4.90. The van der Waals surface area contributed by atoms with Crippen molar-refractivity contribution in [2.75, 3.05) is 11.9 Å². The Balaban J connectivity index is 1.30. The molecule has 6 nitrogen and oxygen atoms in total. The summed E-state index contributed by atoms with van der Waals surface area (Å²) in [5.74, 6) is -0.227. The predicted octanol–water partition coefficient (Wildman–Crippen LogP) is 5.73.